The van der Waals surface area contributed by atoms with Gasteiger partial charge >= 0.3 is 5.97 Å². The number of fused-ring (bicyclic) bond motifs is 1. The second kappa shape index (κ2) is 8.90. The van der Waals surface area contributed by atoms with E-state index < -0.39 is 18.0 Å². The van der Waals surface area contributed by atoms with Crippen molar-refractivity contribution in [3.8, 4) is 11.3 Å². The zero-order valence-corrected chi connectivity index (χ0v) is 19.6. The highest BCUT2D eigenvalue weighted by Gasteiger charge is 2.37. The van der Waals surface area contributed by atoms with Crippen LogP contribution in [-0.4, -0.2) is 28.4 Å². The summed E-state index contributed by atoms with van der Waals surface area (Å²) >= 11 is 1.32. The molecule has 3 aromatic heterocycles. The van der Waals surface area contributed by atoms with Crippen LogP contribution in [0.5, 0.6) is 0 Å². The highest BCUT2D eigenvalue weighted by Crippen LogP contribution is 2.32. The van der Waals surface area contributed by atoms with E-state index in [9.17, 15) is 14.4 Å². The van der Waals surface area contributed by atoms with Gasteiger partial charge in [0.1, 0.15) is 10.6 Å². The highest BCUT2D eigenvalue weighted by atomic mass is 32.1. The number of anilines is 1. The number of benzene rings is 1. The molecule has 4 aromatic rings. The molecule has 2 unspecified atom stereocenters. The van der Waals surface area contributed by atoms with Crippen molar-refractivity contribution in [2.24, 2.45) is 5.92 Å². The number of nitrogens with one attached hydrogen (secondary N) is 1. The van der Waals surface area contributed by atoms with Crippen LogP contribution in [0.15, 0.2) is 57.3 Å². The van der Waals surface area contributed by atoms with Gasteiger partial charge in [0.05, 0.1) is 17.6 Å². The van der Waals surface area contributed by atoms with Crippen molar-refractivity contribution < 1.29 is 18.7 Å². The highest BCUT2D eigenvalue weighted by molar-refractivity contribution is 7.17. The van der Waals surface area contributed by atoms with Crippen LogP contribution in [0.25, 0.3) is 21.5 Å². The van der Waals surface area contributed by atoms with Crippen LogP contribution in [-0.2, 0) is 20.7 Å². The van der Waals surface area contributed by atoms with Gasteiger partial charge in [-0.1, -0.05) is 19.1 Å². The Morgan fingerprint density at radius 2 is 2.09 bits per heavy atom. The van der Waals surface area contributed by atoms with Crippen molar-refractivity contribution in [2.75, 3.05) is 11.4 Å². The molecule has 1 aromatic carbocycles. The third-order valence-electron chi connectivity index (χ3n) is 6.04. The first-order valence-electron chi connectivity index (χ1n) is 11.1. The van der Waals surface area contributed by atoms with Crippen LogP contribution >= 0.6 is 11.3 Å². The maximum absolute atomic E-state index is 12.8. The first-order chi connectivity index (χ1) is 16.4. The Morgan fingerprint density at radius 1 is 1.29 bits per heavy atom. The maximum Gasteiger partial charge on any atom is 0.311 e. The number of amides is 1. The van der Waals surface area contributed by atoms with Crippen LogP contribution in [0.3, 0.4) is 0 Å². The van der Waals surface area contributed by atoms with Gasteiger partial charge < -0.3 is 19.0 Å². The molecule has 1 aliphatic heterocycles. The fourth-order valence-electron chi connectivity index (χ4n) is 4.12. The molecule has 34 heavy (non-hydrogen) atoms. The molecular weight excluding hydrogens is 454 g/mol. The molecule has 8 nitrogen and oxygen atoms in total. The first-order valence-corrected chi connectivity index (χ1v) is 12.0. The number of aryl methyl sites for hydroxylation is 1. The van der Waals surface area contributed by atoms with Crippen molar-refractivity contribution in [3.63, 3.8) is 0 Å². The molecule has 4 heterocycles. The molecule has 1 fully saturated rings. The van der Waals surface area contributed by atoms with Gasteiger partial charge in [0.2, 0.25) is 5.91 Å². The molecule has 174 valence electrons. The number of ether oxygens (including phenoxy) is 1. The maximum atomic E-state index is 12.8. The Morgan fingerprint density at radius 3 is 2.79 bits per heavy atom. The fourth-order valence-corrected chi connectivity index (χ4v) is 5.06. The minimum absolute atomic E-state index is 0.0848. The molecule has 9 heteroatoms. The van der Waals surface area contributed by atoms with Crippen molar-refractivity contribution in [1.82, 2.24) is 9.97 Å². The minimum atomic E-state index is -0.772. The Hall–Kier alpha value is -3.72. The Labute approximate surface area is 199 Å². The van der Waals surface area contributed by atoms with Crippen molar-refractivity contribution in [1.29, 1.82) is 0 Å². The lowest BCUT2D eigenvalue weighted by Crippen LogP contribution is -2.27. The number of hydrogen-bond donors (Lipinski definition) is 1. The van der Waals surface area contributed by atoms with Gasteiger partial charge in [-0.2, -0.15) is 0 Å². The van der Waals surface area contributed by atoms with Gasteiger partial charge in [0.25, 0.3) is 5.56 Å². The summed E-state index contributed by atoms with van der Waals surface area (Å²) in [5.41, 5.74) is 2.30. The summed E-state index contributed by atoms with van der Waals surface area (Å²) in [6.07, 6.45) is 1.78. The van der Waals surface area contributed by atoms with Crippen LogP contribution in [0.1, 0.15) is 37.8 Å². The van der Waals surface area contributed by atoms with Crippen LogP contribution < -0.4 is 10.5 Å². The summed E-state index contributed by atoms with van der Waals surface area (Å²) in [6.45, 7) is 3.98. The van der Waals surface area contributed by atoms with Crippen LogP contribution in [0.4, 0.5) is 5.69 Å². The molecule has 0 saturated carbocycles. The minimum Gasteiger partial charge on any atom is -0.464 e. The average molecular weight is 478 g/mol. The van der Waals surface area contributed by atoms with Crippen molar-refractivity contribution in [3.05, 3.63) is 69.8 Å². The number of aromatic amines is 1. The number of furan rings is 1. The van der Waals surface area contributed by atoms with E-state index in [2.05, 4.69) is 16.9 Å². The normalized spacial score (nSPS) is 16.8. The predicted molar refractivity (Wildman–Crippen MR) is 129 cm³/mol. The van der Waals surface area contributed by atoms with Gasteiger partial charge in [-0.05, 0) is 43.2 Å². The number of nitrogens with zero attached hydrogens (tertiary/aromatic N) is 2. The lowest BCUT2D eigenvalue weighted by molar-refractivity contribution is -0.153. The molecule has 1 N–H and O–H groups in total. The molecule has 0 spiro atoms. The largest absolute Gasteiger partial charge is 0.464 e. The van der Waals surface area contributed by atoms with E-state index >= 15 is 0 Å². The number of aromatic nitrogens is 2. The number of rotatable bonds is 6. The van der Waals surface area contributed by atoms with E-state index in [1.165, 1.54) is 16.9 Å². The van der Waals surface area contributed by atoms with E-state index in [4.69, 9.17) is 9.15 Å². The molecule has 1 saturated heterocycles. The molecule has 2 atom stereocenters. The summed E-state index contributed by atoms with van der Waals surface area (Å²) in [6, 6.07) is 11.3. The number of carbonyl (C=O) groups is 2. The van der Waals surface area contributed by atoms with E-state index in [0.717, 1.165) is 12.1 Å². The number of hydrogen-bond acceptors (Lipinski definition) is 7. The SMILES string of the molecule is CCc1ccc(N2CC(C(=O)OC(C)c3nc4scc(-c5ccco5)c4c(=O)[nH]3)CC2=O)cc1. The second-order valence-electron chi connectivity index (χ2n) is 8.26. The number of thiophene rings is 1. The topological polar surface area (TPSA) is 106 Å². The third kappa shape index (κ3) is 4.03. The fraction of sp³-hybridized carbons (Fsp3) is 0.280. The van der Waals surface area contributed by atoms with Gasteiger partial charge in [-0.15, -0.1) is 11.3 Å². The van der Waals surface area contributed by atoms with Gasteiger partial charge in [0, 0.05) is 29.6 Å². The summed E-state index contributed by atoms with van der Waals surface area (Å²) < 4.78 is 11.0. The standard InChI is InChI=1S/C25H23N3O5S/c1-3-15-6-8-17(9-7-15)28-12-16(11-20(28)29)25(31)33-14(2)22-26-23(30)21-18(13-34-24(21)27-22)19-5-4-10-32-19/h4-10,13-14,16H,3,11-12H2,1-2H3,(H,26,27,30). The van der Waals surface area contributed by atoms with Crippen LogP contribution in [0, 0.1) is 5.92 Å². The Balaban J connectivity index is 1.30. The second-order valence-corrected chi connectivity index (χ2v) is 9.12. The molecular formula is C25H23N3O5S. The lowest BCUT2D eigenvalue weighted by atomic mass is 10.1. The van der Waals surface area contributed by atoms with Gasteiger partial charge in [-0.3, -0.25) is 14.4 Å². The van der Waals surface area contributed by atoms with Crippen molar-refractivity contribution in [2.45, 2.75) is 32.8 Å². The summed E-state index contributed by atoms with van der Waals surface area (Å²) in [7, 11) is 0. The van der Waals surface area contributed by atoms with Crippen LogP contribution in [0.2, 0.25) is 0 Å². The summed E-state index contributed by atoms with van der Waals surface area (Å²) in [4.78, 5) is 47.5. The molecule has 0 bridgehead atoms. The van der Waals surface area contributed by atoms with E-state index in [1.54, 1.807) is 30.2 Å². The molecule has 1 amide bonds. The summed E-state index contributed by atoms with van der Waals surface area (Å²) in [5, 5.41) is 2.26. The molecule has 0 aliphatic carbocycles. The number of esters is 1. The van der Waals surface area contributed by atoms with E-state index in [-0.39, 0.29) is 30.3 Å². The average Bonchev–Trinajstić information content (AvgIpc) is 3.58. The predicted octanol–water partition coefficient (Wildman–Crippen LogP) is 4.46. The van der Waals surface area contributed by atoms with Crippen molar-refractivity contribution >= 4 is 39.1 Å². The zero-order valence-electron chi connectivity index (χ0n) is 18.7. The smallest absolute Gasteiger partial charge is 0.311 e. The van der Waals surface area contributed by atoms with E-state index in [0.29, 0.717) is 21.5 Å². The monoisotopic (exact) mass is 477 g/mol. The Bertz CT molecular complexity index is 1400. The quantitative estimate of drug-likeness (QED) is 0.411. The van der Waals surface area contributed by atoms with Gasteiger partial charge in [-0.25, -0.2) is 4.98 Å². The molecule has 0 radical (unpaired) electrons. The van der Waals surface area contributed by atoms with E-state index in [1.807, 2.05) is 29.6 Å². The summed E-state index contributed by atoms with van der Waals surface area (Å²) in [5.74, 6) is -0.335. The Kier molecular flexibility index (Phi) is 5.79. The zero-order chi connectivity index (χ0) is 23.8. The lowest BCUT2D eigenvalue weighted by Gasteiger charge is -2.18. The van der Waals surface area contributed by atoms with Gasteiger partial charge in [0.15, 0.2) is 11.9 Å². The third-order valence-corrected chi connectivity index (χ3v) is 6.91. The molecule has 5 rings (SSSR count). The molecule has 1 aliphatic rings. The number of H-pyrrole nitrogens is 1. The number of carbonyl (C=O) groups excluding carboxylic acids is 2. The first kappa shape index (κ1) is 22.1.